The van der Waals surface area contributed by atoms with E-state index in [1.165, 1.54) is 0 Å². The number of amides is 1. The molecule has 0 bridgehead atoms. The number of ether oxygens (including phenoxy) is 1. The van der Waals surface area contributed by atoms with Crippen LogP contribution in [-0.2, 0) is 4.79 Å². The van der Waals surface area contributed by atoms with Crippen LogP contribution in [0.25, 0.3) is 0 Å². The quantitative estimate of drug-likeness (QED) is 0.726. The summed E-state index contributed by atoms with van der Waals surface area (Å²) < 4.78 is 6.69. The second kappa shape index (κ2) is 9.16. The van der Waals surface area contributed by atoms with E-state index in [1.54, 1.807) is 0 Å². The summed E-state index contributed by atoms with van der Waals surface area (Å²) in [6, 6.07) is 8.45. The van der Waals surface area contributed by atoms with E-state index in [4.69, 9.17) is 4.74 Å². The van der Waals surface area contributed by atoms with E-state index in [-0.39, 0.29) is 11.9 Å². The molecule has 2 rings (SSSR count). The Morgan fingerprint density at radius 3 is 2.86 bits per heavy atom. The van der Waals surface area contributed by atoms with Gasteiger partial charge in [0.1, 0.15) is 5.75 Å². The molecule has 1 aliphatic rings. The van der Waals surface area contributed by atoms with Crippen LogP contribution in [0.5, 0.6) is 5.75 Å². The van der Waals surface area contributed by atoms with Crippen molar-refractivity contribution in [2.45, 2.75) is 51.1 Å². The Bertz CT molecular complexity index is 464. The minimum absolute atomic E-state index is 0.157. The lowest BCUT2D eigenvalue weighted by Gasteiger charge is -2.30. The number of halogens is 1. The smallest absolute Gasteiger partial charge is 0.220 e. The number of nitrogens with one attached hydrogen (secondary N) is 2. The molecule has 1 heterocycles. The van der Waals surface area contributed by atoms with Gasteiger partial charge in [-0.05, 0) is 63.4 Å². The van der Waals surface area contributed by atoms with Crippen LogP contribution in [0.1, 0.15) is 39.0 Å². The van der Waals surface area contributed by atoms with Gasteiger partial charge in [0.15, 0.2) is 0 Å². The van der Waals surface area contributed by atoms with E-state index < -0.39 is 0 Å². The molecule has 2 N–H and O–H groups in total. The van der Waals surface area contributed by atoms with E-state index in [2.05, 4.69) is 33.5 Å². The molecule has 1 aromatic rings. The summed E-state index contributed by atoms with van der Waals surface area (Å²) in [7, 11) is 0. The van der Waals surface area contributed by atoms with Gasteiger partial charge >= 0.3 is 0 Å². The number of hydrogen-bond donors (Lipinski definition) is 2. The van der Waals surface area contributed by atoms with Crippen LogP contribution in [0.4, 0.5) is 0 Å². The molecule has 0 aliphatic carbocycles. The Hall–Kier alpha value is -1.07. The van der Waals surface area contributed by atoms with Gasteiger partial charge in [0, 0.05) is 23.0 Å². The third-order valence-electron chi connectivity index (χ3n) is 3.99. The van der Waals surface area contributed by atoms with Crippen LogP contribution in [-0.4, -0.2) is 31.1 Å². The maximum absolute atomic E-state index is 11.9. The Labute approximate surface area is 141 Å². The molecule has 0 radical (unpaired) electrons. The van der Waals surface area contributed by atoms with Gasteiger partial charge in [-0.25, -0.2) is 0 Å². The van der Waals surface area contributed by atoms with Gasteiger partial charge in [-0.1, -0.05) is 15.9 Å². The molecule has 4 nitrogen and oxygen atoms in total. The second-order valence-corrected chi connectivity index (χ2v) is 6.73. The topological polar surface area (TPSA) is 50.4 Å². The number of piperidine rings is 1. The average molecular weight is 369 g/mol. The first-order chi connectivity index (χ1) is 10.6. The Morgan fingerprint density at radius 1 is 1.36 bits per heavy atom. The lowest BCUT2D eigenvalue weighted by Crippen LogP contribution is -2.51. The monoisotopic (exact) mass is 368 g/mol. The lowest BCUT2D eigenvalue weighted by molar-refractivity contribution is -0.122. The Morgan fingerprint density at radius 2 is 2.14 bits per heavy atom. The number of unbranched alkanes of at least 4 members (excludes halogenated alkanes) is 1. The van der Waals surface area contributed by atoms with Crippen molar-refractivity contribution in [1.29, 1.82) is 0 Å². The van der Waals surface area contributed by atoms with E-state index in [1.807, 2.05) is 24.3 Å². The highest BCUT2D eigenvalue weighted by molar-refractivity contribution is 9.10. The highest BCUT2D eigenvalue weighted by Gasteiger charge is 2.21. The standard InChI is InChI=1S/C17H25BrN2O2/c1-13-16(5-4-11-19-13)20-17(21)6-2-3-12-22-15-9-7-14(18)8-10-15/h7-10,13,16,19H,2-6,11-12H2,1H3,(H,20,21). The molecule has 0 saturated carbocycles. The van der Waals surface area contributed by atoms with Gasteiger partial charge in [0.05, 0.1) is 6.61 Å². The normalized spacial score (nSPS) is 21.4. The molecular weight excluding hydrogens is 344 g/mol. The zero-order valence-electron chi connectivity index (χ0n) is 13.1. The maximum Gasteiger partial charge on any atom is 0.220 e. The molecule has 2 atom stereocenters. The van der Waals surface area contributed by atoms with Crippen molar-refractivity contribution in [3.8, 4) is 5.75 Å². The van der Waals surface area contributed by atoms with Gasteiger partial charge < -0.3 is 15.4 Å². The van der Waals surface area contributed by atoms with Crippen molar-refractivity contribution in [1.82, 2.24) is 10.6 Å². The summed E-state index contributed by atoms with van der Waals surface area (Å²) in [5, 5.41) is 6.53. The highest BCUT2D eigenvalue weighted by Crippen LogP contribution is 2.16. The Balaban J connectivity index is 1.56. The molecular formula is C17H25BrN2O2. The maximum atomic E-state index is 11.9. The predicted molar refractivity (Wildman–Crippen MR) is 92.1 cm³/mol. The molecule has 0 spiro atoms. The SMILES string of the molecule is CC1NCCCC1NC(=O)CCCCOc1ccc(Br)cc1. The highest BCUT2D eigenvalue weighted by atomic mass is 79.9. The number of carbonyl (C=O) groups is 1. The van der Waals surface area contributed by atoms with Gasteiger partial charge in [0.25, 0.3) is 0 Å². The molecule has 1 amide bonds. The van der Waals surface area contributed by atoms with Crippen LogP contribution in [0.2, 0.25) is 0 Å². The fourth-order valence-corrected chi connectivity index (χ4v) is 2.89. The first kappa shape index (κ1) is 17.3. The summed E-state index contributed by atoms with van der Waals surface area (Å²) in [5.41, 5.74) is 0. The molecule has 2 unspecified atom stereocenters. The summed E-state index contributed by atoms with van der Waals surface area (Å²) in [6.45, 7) is 3.84. The lowest BCUT2D eigenvalue weighted by atomic mass is 9.99. The minimum atomic E-state index is 0.157. The van der Waals surface area contributed by atoms with Crippen LogP contribution in [0.3, 0.4) is 0 Å². The van der Waals surface area contributed by atoms with E-state index >= 15 is 0 Å². The summed E-state index contributed by atoms with van der Waals surface area (Å²) in [4.78, 5) is 11.9. The molecule has 1 saturated heterocycles. The largest absolute Gasteiger partial charge is 0.494 e. The number of carbonyl (C=O) groups excluding carboxylic acids is 1. The van der Waals surface area contributed by atoms with E-state index in [0.717, 1.165) is 42.5 Å². The predicted octanol–water partition coefficient (Wildman–Crippen LogP) is 3.25. The summed E-state index contributed by atoms with van der Waals surface area (Å²) in [6.07, 6.45) is 4.54. The molecule has 1 aromatic carbocycles. The van der Waals surface area contributed by atoms with Crippen molar-refractivity contribution < 1.29 is 9.53 Å². The average Bonchev–Trinajstić information content (AvgIpc) is 2.51. The van der Waals surface area contributed by atoms with Crippen LogP contribution >= 0.6 is 15.9 Å². The van der Waals surface area contributed by atoms with Crippen molar-refractivity contribution in [3.63, 3.8) is 0 Å². The summed E-state index contributed by atoms with van der Waals surface area (Å²) in [5.74, 6) is 1.03. The number of benzene rings is 1. The molecule has 1 fully saturated rings. The van der Waals surface area contributed by atoms with Crippen molar-refractivity contribution in [3.05, 3.63) is 28.7 Å². The van der Waals surface area contributed by atoms with Crippen molar-refractivity contribution >= 4 is 21.8 Å². The van der Waals surface area contributed by atoms with Crippen LogP contribution in [0.15, 0.2) is 28.7 Å². The fraction of sp³-hybridized carbons (Fsp3) is 0.588. The third-order valence-corrected chi connectivity index (χ3v) is 4.52. The molecule has 22 heavy (non-hydrogen) atoms. The Kier molecular flexibility index (Phi) is 7.19. The molecule has 0 aromatic heterocycles. The van der Waals surface area contributed by atoms with E-state index in [0.29, 0.717) is 19.1 Å². The fourth-order valence-electron chi connectivity index (χ4n) is 2.63. The minimum Gasteiger partial charge on any atom is -0.494 e. The third kappa shape index (κ3) is 5.97. The zero-order valence-corrected chi connectivity index (χ0v) is 14.7. The first-order valence-electron chi connectivity index (χ1n) is 8.06. The van der Waals surface area contributed by atoms with Gasteiger partial charge in [-0.2, -0.15) is 0 Å². The van der Waals surface area contributed by atoms with Crippen LogP contribution < -0.4 is 15.4 Å². The molecule has 5 heteroatoms. The first-order valence-corrected chi connectivity index (χ1v) is 8.85. The number of hydrogen-bond acceptors (Lipinski definition) is 3. The number of rotatable bonds is 7. The second-order valence-electron chi connectivity index (χ2n) is 5.82. The van der Waals surface area contributed by atoms with Gasteiger partial charge in [-0.15, -0.1) is 0 Å². The summed E-state index contributed by atoms with van der Waals surface area (Å²) >= 11 is 3.39. The molecule has 122 valence electrons. The van der Waals surface area contributed by atoms with Crippen LogP contribution in [0, 0.1) is 0 Å². The zero-order chi connectivity index (χ0) is 15.8. The van der Waals surface area contributed by atoms with Gasteiger partial charge in [0.2, 0.25) is 5.91 Å². The van der Waals surface area contributed by atoms with Crippen molar-refractivity contribution in [2.75, 3.05) is 13.2 Å². The molecule has 1 aliphatic heterocycles. The van der Waals surface area contributed by atoms with E-state index in [9.17, 15) is 4.79 Å². The van der Waals surface area contributed by atoms with Crippen molar-refractivity contribution in [2.24, 2.45) is 0 Å². The van der Waals surface area contributed by atoms with Gasteiger partial charge in [-0.3, -0.25) is 4.79 Å².